The van der Waals surface area contributed by atoms with E-state index in [4.69, 9.17) is 0 Å². The summed E-state index contributed by atoms with van der Waals surface area (Å²) >= 11 is 0. The molecule has 0 aliphatic rings. The summed E-state index contributed by atoms with van der Waals surface area (Å²) in [5.41, 5.74) is 1.29. The molecular weight excluding hydrogens is 199 g/mol. The zero-order chi connectivity index (χ0) is 13.6. The van der Waals surface area contributed by atoms with Gasteiger partial charge in [0.1, 0.15) is 0 Å². The molecule has 0 fully saturated rings. The average molecular weight is 222 g/mol. The molecule has 0 aromatic heterocycles. The minimum Gasteiger partial charge on any atom is -0.255 e. The number of terminal acetylenes is 1. The van der Waals surface area contributed by atoms with E-state index in [1.54, 1.807) is 0 Å². The van der Waals surface area contributed by atoms with Crippen molar-refractivity contribution >= 4 is 12.7 Å². The van der Waals surface area contributed by atoms with Crippen LogP contribution in [0.5, 0.6) is 0 Å². The van der Waals surface area contributed by atoms with Gasteiger partial charge in [-0.1, -0.05) is 50.3 Å². The Balaban J connectivity index is -0.000000245. The van der Waals surface area contributed by atoms with Gasteiger partial charge in [-0.2, -0.15) is 0 Å². The first-order valence-electron chi connectivity index (χ1n) is 5.17. The Hall–Kier alpha value is -1.55. The van der Waals surface area contributed by atoms with Crippen LogP contribution in [-0.4, -0.2) is 7.18 Å². The number of rotatable bonds is 0. The molecule has 0 heterocycles. The van der Waals surface area contributed by atoms with Crippen molar-refractivity contribution in [2.24, 2.45) is 0 Å². The van der Waals surface area contributed by atoms with Crippen molar-refractivity contribution in [2.75, 3.05) is 7.18 Å². The molecule has 0 unspecified atom stereocenters. The molecule has 0 nitrogen and oxygen atoms in total. The lowest BCUT2D eigenvalue weighted by Crippen LogP contribution is -2.21. The number of halogens is 1. The molecule has 0 radical (unpaired) electrons. The second-order valence-corrected chi connectivity index (χ2v) is 2.49. The Morgan fingerprint density at radius 1 is 1.19 bits per heavy atom. The average Bonchev–Trinajstić information content (AvgIpc) is 2.39. The largest absolute Gasteiger partial charge is 0.255 e. The summed E-state index contributed by atoms with van der Waals surface area (Å²) in [6, 6.07) is 6.27. The lowest BCUT2D eigenvalue weighted by Gasteiger charge is -1.90. The van der Waals surface area contributed by atoms with E-state index in [1.165, 1.54) is 10.8 Å². The van der Waals surface area contributed by atoms with Crippen LogP contribution in [0.1, 0.15) is 26.3 Å². The lowest BCUT2D eigenvalue weighted by molar-refractivity contribution is 0.636. The fourth-order valence-corrected chi connectivity index (χ4v) is 0.983. The molecule has 90 valence electrons. The first-order chi connectivity index (χ1) is 7.74. The van der Waals surface area contributed by atoms with Crippen molar-refractivity contribution in [1.29, 1.82) is 0 Å². The summed E-state index contributed by atoms with van der Waals surface area (Å²) in [5.74, 6) is 0. The van der Waals surface area contributed by atoms with E-state index in [0.717, 1.165) is 5.22 Å². The highest BCUT2D eigenvalue weighted by Crippen LogP contribution is 1.85. The number of hydrogen-bond donors (Lipinski definition) is 0. The van der Waals surface area contributed by atoms with E-state index in [0.29, 0.717) is 7.18 Å². The van der Waals surface area contributed by atoms with Gasteiger partial charge in [0.25, 0.3) is 0 Å². The highest BCUT2D eigenvalue weighted by atomic mass is 19.1. The van der Waals surface area contributed by atoms with Gasteiger partial charge in [-0.25, -0.2) is 0 Å². The molecule has 1 aromatic carbocycles. The van der Waals surface area contributed by atoms with Gasteiger partial charge >= 0.3 is 0 Å². The summed E-state index contributed by atoms with van der Waals surface area (Å²) in [4.78, 5) is 0. The van der Waals surface area contributed by atoms with Gasteiger partial charge in [-0.15, -0.1) is 12.8 Å². The van der Waals surface area contributed by atoms with Gasteiger partial charge in [0.05, 0.1) is 7.18 Å². The van der Waals surface area contributed by atoms with Crippen molar-refractivity contribution in [3.63, 3.8) is 0 Å². The molecule has 1 heteroatoms. The summed E-state index contributed by atoms with van der Waals surface area (Å²) in [5, 5.41) is 2.34. The SMILES string of the molecule is C#C.C=c1ccc(C)c/c1=C/C.CC.CF. The fraction of sp³-hybridized carbons (Fsp3) is 0.333. The number of aryl methyl sites for hydroxylation is 1. The van der Waals surface area contributed by atoms with Crippen LogP contribution in [0.25, 0.3) is 12.7 Å². The molecule has 16 heavy (non-hydrogen) atoms. The lowest BCUT2D eigenvalue weighted by atomic mass is 10.2. The molecule has 0 saturated heterocycles. The molecule has 1 rings (SSSR count). The van der Waals surface area contributed by atoms with Crippen LogP contribution in [0.4, 0.5) is 4.39 Å². The second kappa shape index (κ2) is 15.9. The standard InChI is InChI=1S/C10H12.C2H6.C2H2.CH3F/c1-4-10-7-8(2)5-6-9(10)3;3*1-2/h4-7H,3H2,1-2H3;1-2H3;1-2H;1H3/b10-4-;;;. The quantitative estimate of drug-likeness (QED) is 0.592. The van der Waals surface area contributed by atoms with Gasteiger partial charge in [0.15, 0.2) is 0 Å². The Morgan fingerprint density at radius 2 is 1.62 bits per heavy atom. The molecular formula is C15H23F. The number of alkyl halides is 1. The number of benzene rings is 1. The van der Waals surface area contributed by atoms with E-state index in [9.17, 15) is 4.39 Å². The molecule has 0 aliphatic carbocycles. The predicted molar refractivity (Wildman–Crippen MR) is 74.4 cm³/mol. The van der Waals surface area contributed by atoms with Crippen molar-refractivity contribution in [1.82, 2.24) is 0 Å². The number of hydrogen-bond acceptors (Lipinski definition) is 0. The second-order valence-electron chi connectivity index (χ2n) is 2.49. The van der Waals surface area contributed by atoms with E-state index in [-0.39, 0.29) is 0 Å². The van der Waals surface area contributed by atoms with Crippen molar-refractivity contribution in [3.8, 4) is 12.8 Å². The third-order valence-electron chi connectivity index (χ3n) is 1.61. The Bertz CT molecular complexity index is 361. The van der Waals surface area contributed by atoms with Crippen LogP contribution in [0.3, 0.4) is 0 Å². The first kappa shape index (κ1) is 19.9. The van der Waals surface area contributed by atoms with Gasteiger partial charge in [0.2, 0.25) is 0 Å². The molecule has 0 amide bonds. The van der Waals surface area contributed by atoms with Crippen molar-refractivity contribution in [2.45, 2.75) is 27.7 Å². The van der Waals surface area contributed by atoms with Crippen molar-refractivity contribution in [3.05, 3.63) is 34.2 Å². The van der Waals surface area contributed by atoms with Crippen LogP contribution in [0.15, 0.2) is 18.2 Å². The molecule has 1 aromatic rings. The molecule has 0 bridgehead atoms. The third-order valence-corrected chi connectivity index (χ3v) is 1.61. The van der Waals surface area contributed by atoms with Crippen LogP contribution >= 0.6 is 0 Å². The summed E-state index contributed by atoms with van der Waals surface area (Å²) in [6.45, 7) is 12.0. The van der Waals surface area contributed by atoms with Crippen LogP contribution < -0.4 is 10.4 Å². The Labute approximate surface area is 99.5 Å². The van der Waals surface area contributed by atoms with Gasteiger partial charge < -0.3 is 0 Å². The highest BCUT2D eigenvalue weighted by molar-refractivity contribution is 5.27. The molecule has 0 N–H and O–H groups in total. The van der Waals surface area contributed by atoms with Crippen LogP contribution in [-0.2, 0) is 0 Å². The molecule has 0 spiro atoms. The summed E-state index contributed by atoms with van der Waals surface area (Å²) < 4.78 is 9.50. The Morgan fingerprint density at radius 3 is 1.94 bits per heavy atom. The maximum atomic E-state index is 9.50. The van der Waals surface area contributed by atoms with Gasteiger partial charge in [-0.05, 0) is 24.3 Å². The van der Waals surface area contributed by atoms with E-state index >= 15 is 0 Å². The van der Waals surface area contributed by atoms with E-state index in [1.807, 2.05) is 26.8 Å². The van der Waals surface area contributed by atoms with E-state index in [2.05, 4.69) is 44.6 Å². The summed E-state index contributed by atoms with van der Waals surface area (Å²) in [6.07, 6.45) is 10.1. The molecule has 0 saturated carbocycles. The topological polar surface area (TPSA) is 0 Å². The van der Waals surface area contributed by atoms with Crippen LogP contribution in [0, 0.1) is 19.8 Å². The van der Waals surface area contributed by atoms with Crippen molar-refractivity contribution < 1.29 is 4.39 Å². The summed E-state index contributed by atoms with van der Waals surface area (Å²) in [7, 11) is 0.500. The maximum Gasteiger partial charge on any atom is 0.0785 e. The first-order valence-corrected chi connectivity index (χ1v) is 5.17. The predicted octanol–water partition coefficient (Wildman–Crippen LogP) is 3.07. The van der Waals surface area contributed by atoms with E-state index < -0.39 is 0 Å². The zero-order valence-electron chi connectivity index (χ0n) is 11.0. The van der Waals surface area contributed by atoms with Gasteiger partial charge in [0, 0.05) is 0 Å². The molecule has 0 atom stereocenters. The third kappa shape index (κ3) is 9.02. The smallest absolute Gasteiger partial charge is 0.0785 e. The maximum absolute atomic E-state index is 9.50. The van der Waals surface area contributed by atoms with Gasteiger partial charge in [-0.3, -0.25) is 4.39 Å². The monoisotopic (exact) mass is 222 g/mol. The normalized spacial score (nSPS) is 8.38. The highest BCUT2D eigenvalue weighted by Gasteiger charge is 1.81. The molecule has 0 aliphatic heterocycles. The zero-order valence-corrected chi connectivity index (χ0v) is 11.0. The van der Waals surface area contributed by atoms with Crippen LogP contribution in [0.2, 0.25) is 0 Å². The minimum atomic E-state index is 0.500. The minimum absolute atomic E-state index is 0.500. The fourth-order valence-electron chi connectivity index (χ4n) is 0.983. The Kier molecular flexibility index (Phi) is 19.8.